The van der Waals surface area contributed by atoms with Gasteiger partial charge in [0, 0.05) is 17.5 Å². The van der Waals surface area contributed by atoms with Gasteiger partial charge in [0.1, 0.15) is 5.75 Å². The maximum absolute atomic E-state index is 9.40. The molecule has 7 heteroatoms. The first-order valence-corrected chi connectivity index (χ1v) is 6.66. The molecular weight excluding hydrogens is 276 g/mol. The first-order chi connectivity index (χ1) is 10.2. The lowest BCUT2D eigenvalue weighted by Gasteiger charge is -2.09. The Balaban J connectivity index is 1.75. The second-order valence-electron chi connectivity index (χ2n) is 4.96. The predicted octanol–water partition coefficient (Wildman–Crippen LogP) is 1.99. The van der Waals surface area contributed by atoms with Crippen LogP contribution in [0.25, 0.3) is 0 Å². The van der Waals surface area contributed by atoms with E-state index in [4.69, 9.17) is 18.7 Å². The van der Waals surface area contributed by atoms with E-state index in [1.807, 2.05) is 13.8 Å². The molecule has 0 bridgehead atoms. The van der Waals surface area contributed by atoms with Gasteiger partial charge >= 0.3 is 0 Å². The van der Waals surface area contributed by atoms with Crippen LogP contribution in [0, 0.1) is 0 Å². The van der Waals surface area contributed by atoms with E-state index >= 15 is 0 Å². The van der Waals surface area contributed by atoms with Crippen molar-refractivity contribution in [2.24, 2.45) is 0 Å². The summed E-state index contributed by atoms with van der Waals surface area (Å²) in [6.07, 6.45) is 0. The number of nitrogens with zero attached hydrogens (tertiary/aromatic N) is 2. The molecule has 0 spiro atoms. The average molecular weight is 292 g/mol. The molecule has 0 saturated carbocycles. The zero-order valence-corrected chi connectivity index (χ0v) is 11.8. The Hall–Kier alpha value is -2.28. The molecule has 1 aromatic heterocycles. The number of aliphatic hydroxyl groups excluding tert-OH is 1. The van der Waals surface area contributed by atoms with Crippen LogP contribution in [0.2, 0.25) is 0 Å². The highest BCUT2D eigenvalue weighted by Gasteiger charge is 2.18. The molecule has 0 aliphatic carbocycles. The van der Waals surface area contributed by atoms with Crippen molar-refractivity contribution in [2.45, 2.75) is 33.0 Å². The molecule has 1 aliphatic rings. The van der Waals surface area contributed by atoms with Crippen LogP contribution in [0.15, 0.2) is 16.7 Å². The standard InChI is InChI=1S/C14H16N2O5/c1-8(2)14-15-13(16-21-14)6-18-10-4-12-11(19-7-20-12)3-9(10)5-17/h3-4,8,17H,5-7H2,1-2H3. The largest absolute Gasteiger partial charge is 0.485 e. The van der Waals surface area contributed by atoms with Crippen molar-refractivity contribution in [2.75, 3.05) is 6.79 Å². The molecule has 21 heavy (non-hydrogen) atoms. The van der Waals surface area contributed by atoms with Gasteiger partial charge in [0.2, 0.25) is 18.5 Å². The van der Waals surface area contributed by atoms with E-state index in [2.05, 4.69) is 10.1 Å². The molecule has 2 heterocycles. The summed E-state index contributed by atoms with van der Waals surface area (Å²) >= 11 is 0. The minimum Gasteiger partial charge on any atom is -0.485 e. The van der Waals surface area contributed by atoms with Gasteiger partial charge in [0.25, 0.3) is 0 Å². The Morgan fingerprint density at radius 3 is 2.71 bits per heavy atom. The lowest BCUT2D eigenvalue weighted by Crippen LogP contribution is -2.01. The Kier molecular flexibility index (Phi) is 3.66. The van der Waals surface area contributed by atoms with Crippen LogP contribution in [0.3, 0.4) is 0 Å². The number of aliphatic hydroxyl groups is 1. The maximum atomic E-state index is 9.40. The van der Waals surface area contributed by atoms with Crippen molar-refractivity contribution in [1.29, 1.82) is 0 Å². The van der Waals surface area contributed by atoms with Crippen LogP contribution in [-0.2, 0) is 13.2 Å². The van der Waals surface area contributed by atoms with Crippen LogP contribution >= 0.6 is 0 Å². The van der Waals surface area contributed by atoms with Crippen LogP contribution in [-0.4, -0.2) is 22.0 Å². The zero-order valence-electron chi connectivity index (χ0n) is 11.8. The van der Waals surface area contributed by atoms with Gasteiger partial charge in [0.05, 0.1) is 6.61 Å². The van der Waals surface area contributed by atoms with E-state index in [0.717, 1.165) is 0 Å². The summed E-state index contributed by atoms with van der Waals surface area (Å²) in [5.74, 6) is 2.91. The van der Waals surface area contributed by atoms with Crippen LogP contribution in [0.5, 0.6) is 17.2 Å². The number of aromatic nitrogens is 2. The topological polar surface area (TPSA) is 86.8 Å². The lowest BCUT2D eigenvalue weighted by atomic mass is 10.2. The molecule has 1 aromatic carbocycles. The fraction of sp³-hybridized carbons (Fsp3) is 0.429. The summed E-state index contributed by atoms with van der Waals surface area (Å²) < 4.78 is 21.3. The highest BCUT2D eigenvalue weighted by atomic mass is 16.7. The van der Waals surface area contributed by atoms with Crippen LogP contribution in [0.1, 0.15) is 37.0 Å². The van der Waals surface area contributed by atoms with Gasteiger partial charge in [-0.25, -0.2) is 0 Å². The summed E-state index contributed by atoms with van der Waals surface area (Å²) in [5, 5.41) is 13.2. The third-order valence-corrected chi connectivity index (χ3v) is 3.06. The van der Waals surface area contributed by atoms with Gasteiger partial charge in [-0.3, -0.25) is 0 Å². The summed E-state index contributed by atoms with van der Waals surface area (Å²) in [4.78, 5) is 4.23. The van der Waals surface area contributed by atoms with E-state index in [0.29, 0.717) is 34.5 Å². The van der Waals surface area contributed by atoms with Crippen molar-refractivity contribution in [3.8, 4) is 17.2 Å². The van der Waals surface area contributed by atoms with E-state index < -0.39 is 0 Å². The molecule has 0 amide bonds. The number of fused-ring (bicyclic) bond motifs is 1. The number of hydrogen-bond acceptors (Lipinski definition) is 7. The van der Waals surface area contributed by atoms with Crippen molar-refractivity contribution in [3.05, 3.63) is 29.4 Å². The molecule has 1 aliphatic heterocycles. The fourth-order valence-electron chi connectivity index (χ4n) is 1.93. The molecule has 2 aromatic rings. The third kappa shape index (κ3) is 2.78. The summed E-state index contributed by atoms with van der Waals surface area (Å²) in [6, 6.07) is 3.39. The second-order valence-corrected chi connectivity index (χ2v) is 4.96. The maximum Gasteiger partial charge on any atom is 0.231 e. The molecule has 7 nitrogen and oxygen atoms in total. The fourth-order valence-corrected chi connectivity index (χ4v) is 1.93. The SMILES string of the molecule is CC(C)c1nc(COc2cc3c(cc2CO)OCO3)no1. The highest BCUT2D eigenvalue weighted by molar-refractivity contribution is 5.51. The smallest absolute Gasteiger partial charge is 0.231 e. The quantitative estimate of drug-likeness (QED) is 0.901. The minimum atomic E-state index is -0.157. The van der Waals surface area contributed by atoms with E-state index in [9.17, 15) is 5.11 Å². The summed E-state index contributed by atoms with van der Waals surface area (Å²) in [7, 11) is 0. The Morgan fingerprint density at radius 2 is 2.05 bits per heavy atom. The Morgan fingerprint density at radius 1 is 1.29 bits per heavy atom. The molecule has 0 saturated heterocycles. The predicted molar refractivity (Wildman–Crippen MR) is 71.2 cm³/mol. The first kappa shape index (κ1) is 13.7. The van der Waals surface area contributed by atoms with Crippen LogP contribution in [0.4, 0.5) is 0 Å². The molecule has 0 radical (unpaired) electrons. The average Bonchev–Trinajstić information content (AvgIpc) is 3.12. The number of hydrogen-bond donors (Lipinski definition) is 1. The van der Waals surface area contributed by atoms with Crippen molar-refractivity contribution in [1.82, 2.24) is 10.1 Å². The number of ether oxygens (including phenoxy) is 3. The van der Waals surface area contributed by atoms with Gasteiger partial charge < -0.3 is 23.8 Å². The molecule has 0 atom stereocenters. The number of benzene rings is 1. The second kappa shape index (κ2) is 5.61. The minimum absolute atomic E-state index is 0.156. The lowest BCUT2D eigenvalue weighted by molar-refractivity contribution is 0.173. The highest BCUT2D eigenvalue weighted by Crippen LogP contribution is 2.38. The Labute approximate surface area is 121 Å². The molecule has 0 fully saturated rings. The van der Waals surface area contributed by atoms with E-state index in [1.165, 1.54) is 0 Å². The summed E-state index contributed by atoms with van der Waals surface area (Å²) in [5.41, 5.74) is 0.617. The first-order valence-electron chi connectivity index (χ1n) is 6.66. The normalized spacial score (nSPS) is 13.0. The van der Waals surface area contributed by atoms with Gasteiger partial charge in [-0.15, -0.1) is 0 Å². The molecule has 3 rings (SSSR count). The van der Waals surface area contributed by atoms with Gasteiger partial charge in [-0.2, -0.15) is 4.98 Å². The van der Waals surface area contributed by atoms with E-state index in [-0.39, 0.29) is 25.9 Å². The molecular formula is C14H16N2O5. The van der Waals surface area contributed by atoms with Gasteiger partial charge in [0.15, 0.2) is 18.1 Å². The molecule has 112 valence electrons. The van der Waals surface area contributed by atoms with Crippen molar-refractivity contribution < 1.29 is 23.8 Å². The van der Waals surface area contributed by atoms with Crippen molar-refractivity contribution in [3.63, 3.8) is 0 Å². The van der Waals surface area contributed by atoms with E-state index in [1.54, 1.807) is 12.1 Å². The number of rotatable bonds is 5. The zero-order chi connectivity index (χ0) is 14.8. The van der Waals surface area contributed by atoms with Crippen LogP contribution < -0.4 is 14.2 Å². The monoisotopic (exact) mass is 292 g/mol. The molecule has 0 unspecified atom stereocenters. The Bertz CT molecular complexity index is 638. The molecule has 1 N–H and O–H groups in total. The van der Waals surface area contributed by atoms with Gasteiger partial charge in [-0.1, -0.05) is 19.0 Å². The third-order valence-electron chi connectivity index (χ3n) is 3.06. The van der Waals surface area contributed by atoms with Gasteiger partial charge in [-0.05, 0) is 6.07 Å². The van der Waals surface area contributed by atoms with Crippen molar-refractivity contribution >= 4 is 0 Å². The summed E-state index contributed by atoms with van der Waals surface area (Å²) in [6.45, 7) is 4.12.